The van der Waals surface area contributed by atoms with E-state index in [2.05, 4.69) is 0 Å². The molecule has 1 heterocycles. The lowest BCUT2D eigenvalue weighted by Crippen LogP contribution is -2.46. The van der Waals surface area contributed by atoms with Crippen molar-refractivity contribution < 1.29 is 18.0 Å². The SMILES string of the molecule is CCO[Si](CCCCC1([SiH3])CCCCO1)(OCC)OCC. The first-order chi connectivity index (χ1) is 10.1. The Balaban J connectivity index is 2.37. The Morgan fingerprint density at radius 1 is 1.00 bits per heavy atom. The van der Waals surface area contributed by atoms with E-state index in [9.17, 15) is 0 Å². The first-order valence-electron chi connectivity index (χ1n) is 8.65. The van der Waals surface area contributed by atoms with Crippen molar-refractivity contribution in [2.24, 2.45) is 0 Å². The van der Waals surface area contributed by atoms with Crippen LogP contribution in [0.15, 0.2) is 0 Å². The normalized spacial score (nSPS) is 23.6. The highest BCUT2D eigenvalue weighted by Gasteiger charge is 2.39. The van der Waals surface area contributed by atoms with Crippen molar-refractivity contribution in [2.75, 3.05) is 26.4 Å². The summed E-state index contributed by atoms with van der Waals surface area (Å²) in [5, 5.41) is 0.227. The van der Waals surface area contributed by atoms with Crippen molar-refractivity contribution in [3.8, 4) is 0 Å². The number of hydrogen-bond acceptors (Lipinski definition) is 4. The summed E-state index contributed by atoms with van der Waals surface area (Å²) in [7, 11) is -1.30. The molecule has 21 heavy (non-hydrogen) atoms. The molecule has 1 unspecified atom stereocenters. The van der Waals surface area contributed by atoms with Crippen LogP contribution in [0.5, 0.6) is 0 Å². The van der Waals surface area contributed by atoms with Gasteiger partial charge in [0.1, 0.15) is 0 Å². The zero-order chi connectivity index (χ0) is 15.6. The lowest BCUT2D eigenvalue weighted by atomic mass is 10.0. The molecule has 0 aromatic rings. The molecule has 126 valence electrons. The molecular weight excluding hydrogens is 300 g/mol. The van der Waals surface area contributed by atoms with Crippen LogP contribution >= 0.6 is 0 Å². The Morgan fingerprint density at radius 2 is 1.62 bits per heavy atom. The van der Waals surface area contributed by atoms with E-state index >= 15 is 0 Å². The van der Waals surface area contributed by atoms with E-state index < -0.39 is 8.80 Å². The summed E-state index contributed by atoms with van der Waals surface area (Å²) >= 11 is 0. The van der Waals surface area contributed by atoms with Gasteiger partial charge in [0.2, 0.25) is 0 Å². The highest BCUT2D eigenvalue weighted by molar-refractivity contribution is 6.60. The molecule has 1 saturated heterocycles. The molecule has 0 saturated carbocycles. The zero-order valence-corrected chi connectivity index (χ0v) is 17.4. The van der Waals surface area contributed by atoms with E-state index in [0.29, 0.717) is 19.8 Å². The van der Waals surface area contributed by atoms with Crippen molar-refractivity contribution in [3.63, 3.8) is 0 Å². The molecule has 1 aliphatic heterocycles. The second-order valence-corrected chi connectivity index (χ2v) is 10.5. The fraction of sp³-hybridized carbons (Fsp3) is 1.00. The Kier molecular flexibility index (Phi) is 9.31. The monoisotopic (exact) mass is 334 g/mol. The summed E-state index contributed by atoms with van der Waals surface area (Å²) in [5.41, 5.74) is 0. The minimum absolute atomic E-state index is 0.227. The lowest BCUT2D eigenvalue weighted by molar-refractivity contribution is -0.0240. The third-order valence-electron chi connectivity index (χ3n) is 4.08. The highest BCUT2D eigenvalue weighted by atomic mass is 28.4. The molecule has 0 aromatic heterocycles. The first kappa shape index (κ1) is 19.3. The standard InChI is InChI=1S/C15H34O4Si2/c1-4-17-21(18-5-2,19-6-3)14-10-8-12-15(20)11-7-9-13-16-15/h4-14H2,1-3,20H3. The number of rotatable bonds is 11. The van der Waals surface area contributed by atoms with Crippen LogP contribution in [0.1, 0.15) is 59.3 Å². The van der Waals surface area contributed by atoms with Crippen LogP contribution < -0.4 is 0 Å². The molecule has 6 heteroatoms. The maximum Gasteiger partial charge on any atom is 0.500 e. The van der Waals surface area contributed by atoms with Gasteiger partial charge >= 0.3 is 8.80 Å². The van der Waals surface area contributed by atoms with Crippen LogP contribution in [0.25, 0.3) is 0 Å². The van der Waals surface area contributed by atoms with Gasteiger partial charge in [0.05, 0.1) is 0 Å². The largest absolute Gasteiger partial charge is 0.500 e. The second-order valence-electron chi connectivity index (χ2n) is 5.94. The summed E-state index contributed by atoms with van der Waals surface area (Å²) in [5.74, 6) is 0. The average molecular weight is 335 g/mol. The number of unbranched alkanes of at least 4 members (excludes halogenated alkanes) is 1. The van der Waals surface area contributed by atoms with E-state index in [0.717, 1.165) is 29.3 Å². The quantitative estimate of drug-likeness (QED) is 0.430. The molecule has 1 fully saturated rings. The lowest BCUT2D eigenvalue weighted by Gasteiger charge is -2.34. The molecular formula is C15H34O4Si2. The highest BCUT2D eigenvalue weighted by Crippen LogP contribution is 2.28. The van der Waals surface area contributed by atoms with Gasteiger partial charge in [0.25, 0.3) is 0 Å². The topological polar surface area (TPSA) is 36.9 Å². The molecule has 0 spiro atoms. The van der Waals surface area contributed by atoms with E-state index in [-0.39, 0.29) is 5.22 Å². The zero-order valence-electron chi connectivity index (χ0n) is 14.4. The van der Waals surface area contributed by atoms with E-state index in [4.69, 9.17) is 18.0 Å². The predicted molar refractivity (Wildman–Crippen MR) is 91.8 cm³/mol. The minimum atomic E-state index is -2.44. The number of hydrogen-bond donors (Lipinski definition) is 0. The van der Waals surface area contributed by atoms with Gasteiger partial charge in [-0.15, -0.1) is 0 Å². The molecule has 0 aromatic carbocycles. The molecule has 0 N–H and O–H groups in total. The molecule has 1 aliphatic rings. The Hall–Kier alpha value is 0.274. The summed E-state index contributed by atoms with van der Waals surface area (Å²) in [6.45, 7) is 9.01. The third-order valence-corrected chi connectivity index (χ3v) is 8.52. The van der Waals surface area contributed by atoms with Crippen molar-refractivity contribution in [2.45, 2.75) is 70.6 Å². The third kappa shape index (κ3) is 6.92. The van der Waals surface area contributed by atoms with E-state index in [1.807, 2.05) is 20.8 Å². The summed E-state index contributed by atoms with van der Waals surface area (Å²) in [4.78, 5) is 0. The minimum Gasteiger partial charge on any atom is -0.380 e. The molecule has 4 nitrogen and oxygen atoms in total. The molecule has 0 aliphatic carbocycles. The van der Waals surface area contributed by atoms with Gasteiger partial charge in [-0.2, -0.15) is 0 Å². The van der Waals surface area contributed by atoms with Gasteiger partial charge < -0.3 is 18.0 Å². The fourth-order valence-electron chi connectivity index (χ4n) is 3.03. The predicted octanol–water partition coefficient (Wildman–Crippen LogP) is 2.47. The molecule has 0 amide bonds. The van der Waals surface area contributed by atoms with Crippen molar-refractivity contribution in [1.82, 2.24) is 0 Å². The van der Waals surface area contributed by atoms with E-state index in [1.54, 1.807) is 0 Å². The van der Waals surface area contributed by atoms with Gasteiger partial charge in [-0.1, -0.05) is 6.42 Å². The molecule has 0 radical (unpaired) electrons. The number of ether oxygens (including phenoxy) is 1. The van der Waals surface area contributed by atoms with Crippen LogP contribution in [-0.4, -0.2) is 50.7 Å². The van der Waals surface area contributed by atoms with Crippen LogP contribution in [0.2, 0.25) is 6.04 Å². The van der Waals surface area contributed by atoms with Crippen LogP contribution in [-0.2, 0) is 18.0 Å². The second kappa shape index (κ2) is 10.1. The van der Waals surface area contributed by atoms with Gasteiger partial charge in [-0.25, -0.2) is 0 Å². The van der Waals surface area contributed by atoms with Gasteiger partial charge in [0, 0.05) is 47.9 Å². The summed E-state index contributed by atoms with van der Waals surface area (Å²) in [6, 6.07) is 0.931. The van der Waals surface area contributed by atoms with Gasteiger partial charge in [0.15, 0.2) is 0 Å². The Bertz CT molecular complexity index is 253. The summed E-state index contributed by atoms with van der Waals surface area (Å²) < 4.78 is 23.7. The Labute approximate surface area is 134 Å². The summed E-state index contributed by atoms with van der Waals surface area (Å²) in [6.07, 6.45) is 7.31. The van der Waals surface area contributed by atoms with Crippen LogP contribution in [0, 0.1) is 0 Å². The maximum atomic E-state index is 6.02. The average Bonchev–Trinajstić information content (AvgIpc) is 2.45. The van der Waals surface area contributed by atoms with Gasteiger partial charge in [-0.05, 0) is 52.9 Å². The van der Waals surface area contributed by atoms with Crippen molar-refractivity contribution in [3.05, 3.63) is 0 Å². The Morgan fingerprint density at radius 3 is 2.10 bits per heavy atom. The van der Waals surface area contributed by atoms with Gasteiger partial charge in [-0.3, -0.25) is 0 Å². The van der Waals surface area contributed by atoms with E-state index in [1.165, 1.54) is 32.1 Å². The van der Waals surface area contributed by atoms with Crippen LogP contribution in [0.3, 0.4) is 0 Å². The fourth-order valence-corrected chi connectivity index (χ4v) is 6.63. The smallest absolute Gasteiger partial charge is 0.380 e. The van der Waals surface area contributed by atoms with Crippen LogP contribution in [0.4, 0.5) is 0 Å². The van der Waals surface area contributed by atoms with Crippen molar-refractivity contribution >= 4 is 19.0 Å². The maximum absolute atomic E-state index is 6.02. The first-order valence-corrected chi connectivity index (χ1v) is 11.6. The molecule has 0 bridgehead atoms. The molecule has 1 atom stereocenters. The van der Waals surface area contributed by atoms with Crippen molar-refractivity contribution in [1.29, 1.82) is 0 Å². The molecule has 1 rings (SSSR count).